The van der Waals surface area contributed by atoms with Crippen LogP contribution in [0.2, 0.25) is 0 Å². The van der Waals surface area contributed by atoms with Crippen LogP contribution < -0.4 is 5.73 Å². The fourth-order valence-electron chi connectivity index (χ4n) is 2.36. The van der Waals surface area contributed by atoms with E-state index in [9.17, 15) is 4.79 Å². The van der Waals surface area contributed by atoms with Gasteiger partial charge >= 0.3 is 0 Å². The second-order valence-corrected chi connectivity index (χ2v) is 5.50. The topological polar surface area (TPSA) is 46.3 Å². The van der Waals surface area contributed by atoms with Gasteiger partial charge in [0, 0.05) is 13.1 Å². The molecule has 4 heteroatoms. The molecule has 1 amide bonds. The summed E-state index contributed by atoms with van der Waals surface area (Å²) in [7, 11) is 0. The van der Waals surface area contributed by atoms with Crippen molar-refractivity contribution < 1.29 is 4.79 Å². The minimum atomic E-state index is -0.246. The summed E-state index contributed by atoms with van der Waals surface area (Å²) in [5.74, 6) is 0.601. The Morgan fingerprint density at radius 1 is 1.44 bits per heavy atom. The zero-order valence-electron chi connectivity index (χ0n) is 10.5. The number of likely N-dealkylation sites (tertiary alicyclic amines) is 1. The third-order valence-corrected chi connectivity index (χ3v) is 3.89. The maximum atomic E-state index is 12.2. The Kier molecular flexibility index (Phi) is 4.66. The first-order valence-electron chi connectivity index (χ1n) is 6.41. The molecule has 1 aromatic rings. The van der Waals surface area contributed by atoms with E-state index in [1.807, 2.05) is 35.2 Å². The smallest absolute Gasteiger partial charge is 0.235 e. The summed E-state index contributed by atoms with van der Waals surface area (Å²) in [6.07, 6.45) is 1.71. The van der Waals surface area contributed by atoms with E-state index in [1.54, 1.807) is 0 Å². The number of carbonyl (C=O) groups is 1. The van der Waals surface area contributed by atoms with Crippen LogP contribution >= 0.6 is 12.6 Å². The first-order valence-corrected chi connectivity index (χ1v) is 6.93. The SMILES string of the molecule is NCC1CCN(C(=O)C(S)Cc2ccccc2)C1. The molecule has 0 aliphatic carbocycles. The van der Waals surface area contributed by atoms with Gasteiger partial charge in [-0.3, -0.25) is 4.79 Å². The van der Waals surface area contributed by atoms with Crippen molar-refractivity contribution >= 4 is 18.5 Å². The molecule has 1 fully saturated rings. The Hall–Kier alpha value is -1.00. The molecule has 1 aromatic carbocycles. The predicted molar refractivity (Wildman–Crippen MR) is 76.7 cm³/mol. The Balaban J connectivity index is 1.89. The summed E-state index contributed by atoms with van der Waals surface area (Å²) in [6, 6.07) is 10.0. The molecule has 0 spiro atoms. The van der Waals surface area contributed by atoms with Gasteiger partial charge in [-0.1, -0.05) is 30.3 Å². The summed E-state index contributed by atoms with van der Waals surface area (Å²) in [5, 5.41) is -0.246. The van der Waals surface area contributed by atoms with Gasteiger partial charge < -0.3 is 10.6 Å². The molecule has 1 aliphatic rings. The van der Waals surface area contributed by atoms with E-state index in [1.165, 1.54) is 0 Å². The number of nitrogens with zero attached hydrogens (tertiary/aromatic N) is 1. The fourth-order valence-corrected chi connectivity index (χ4v) is 2.73. The van der Waals surface area contributed by atoms with E-state index in [4.69, 9.17) is 5.73 Å². The van der Waals surface area contributed by atoms with Crippen LogP contribution in [0.5, 0.6) is 0 Å². The van der Waals surface area contributed by atoms with Gasteiger partial charge in [0.2, 0.25) is 5.91 Å². The van der Waals surface area contributed by atoms with E-state index in [2.05, 4.69) is 12.6 Å². The summed E-state index contributed by atoms with van der Waals surface area (Å²) in [5.41, 5.74) is 6.79. The maximum absolute atomic E-state index is 12.2. The van der Waals surface area contributed by atoms with Crippen LogP contribution in [0.4, 0.5) is 0 Å². The van der Waals surface area contributed by atoms with Crippen molar-refractivity contribution in [1.82, 2.24) is 4.90 Å². The molecule has 0 saturated carbocycles. The first-order chi connectivity index (χ1) is 8.70. The van der Waals surface area contributed by atoms with E-state index < -0.39 is 0 Å². The first kappa shape index (κ1) is 13.4. The number of thiol groups is 1. The van der Waals surface area contributed by atoms with Crippen molar-refractivity contribution in [2.45, 2.75) is 18.1 Å². The van der Waals surface area contributed by atoms with Crippen molar-refractivity contribution in [2.75, 3.05) is 19.6 Å². The van der Waals surface area contributed by atoms with Crippen molar-refractivity contribution in [3.05, 3.63) is 35.9 Å². The maximum Gasteiger partial charge on any atom is 0.235 e. The van der Waals surface area contributed by atoms with Crippen LogP contribution in [0.15, 0.2) is 30.3 Å². The van der Waals surface area contributed by atoms with Crippen molar-refractivity contribution in [2.24, 2.45) is 11.7 Å². The highest BCUT2D eigenvalue weighted by atomic mass is 32.1. The van der Waals surface area contributed by atoms with Gasteiger partial charge in [-0.25, -0.2) is 0 Å². The molecule has 0 radical (unpaired) electrons. The van der Waals surface area contributed by atoms with E-state index in [0.717, 1.165) is 25.1 Å². The lowest BCUT2D eigenvalue weighted by atomic mass is 10.1. The standard InChI is InChI=1S/C14H20N2OS/c15-9-12-6-7-16(10-12)14(17)13(18)8-11-4-2-1-3-5-11/h1-5,12-13,18H,6-10,15H2. The number of amides is 1. The minimum absolute atomic E-state index is 0.137. The number of hydrogen-bond donors (Lipinski definition) is 2. The summed E-state index contributed by atoms with van der Waals surface area (Å²) < 4.78 is 0. The monoisotopic (exact) mass is 264 g/mol. The van der Waals surface area contributed by atoms with Gasteiger partial charge in [0.05, 0.1) is 5.25 Å². The Labute approximate surface area is 114 Å². The number of nitrogens with two attached hydrogens (primary N) is 1. The summed E-state index contributed by atoms with van der Waals surface area (Å²) in [6.45, 7) is 2.29. The van der Waals surface area contributed by atoms with Crippen LogP contribution in [-0.2, 0) is 11.2 Å². The van der Waals surface area contributed by atoms with E-state index in [-0.39, 0.29) is 11.2 Å². The molecule has 0 aromatic heterocycles. The highest BCUT2D eigenvalue weighted by Crippen LogP contribution is 2.18. The van der Waals surface area contributed by atoms with Crippen molar-refractivity contribution in [3.63, 3.8) is 0 Å². The van der Waals surface area contributed by atoms with Crippen LogP contribution in [0.25, 0.3) is 0 Å². The molecule has 2 rings (SSSR count). The zero-order valence-corrected chi connectivity index (χ0v) is 11.4. The number of hydrogen-bond acceptors (Lipinski definition) is 3. The highest BCUT2D eigenvalue weighted by molar-refractivity contribution is 7.81. The molecule has 0 bridgehead atoms. The third-order valence-electron chi connectivity index (χ3n) is 3.49. The molecule has 2 N–H and O–H groups in total. The number of benzene rings is 1. The predicted octanol–water partition coefficient (Wildman–Crippen LogP) is 1.33. The third kappa shape index (κ3) is 3.27. The van der Waals surface area contributed by atoms with Gasteiger partial charge in [-0.2, -0.15) is 12.6 Å². The number of rotatable bonds is 4. The average molecular weight is 264 g/mol. The molecule has 1 saturated heterocycles. The summed E-state index contributed by atoms with van der Waals surface area (Å²) >= 11 is 4.45. The Morgan fingerprint density at radius 3 is 2.78 bits per heavy atom. The van der Waals surface area contributed by atoms with Crippen LogP contribution in [0.3, 0.4) is 0 Å². The zero-order chi connectivity index (χ0) is 13.0. The van der Waals surface area contributed by atoms with Crippen molar-refractivity contribution in [3.8, 4) is 0 Å². The van der Waals surface area contributed by atoms with Crippen LogP contribution in [0.1, 0.15) is 12.0 Å². The van der Waals surface area contributed by atoms with Gasteiger partial charge in [-0.05, 0) is 30.9 Å². The average Bonchev–Trinajstić information content (AvgIpc) is 2.87. The highest BCUT2D eigenvalue weighted by Gasteiger charge is 2.28. The number of carbonyl (C=O) groups excluding carboxylic acids is 1. The molecular weight excluding hydrogens is 244 g/mol. The van der Waals surface area contributed by atoms with Crippen LogP contribution in [0, 0.1) is 5.92 Å². The van der Waals surface area contributed by atoms with Gasteiger partial charge in [0.25, 0.3) is 0 Å². The second kappa shape index (κ2) is 6.25. The van der Waals surface area contributed by atoms with E-state index in [0.29, 0.717) is 18.9 Å². The molecule has 98 valence electrons. The molecule has 1 aliphatic heterocycles. The van der Waals surface area contributed by atoms with Gasteiger partial charge in [-0.15, -0.1) is 0 Å². The lowest BCUT2D eigenvalue weighted by Crippen LogP contribution is -2.36. The quantitative estimate of drug-likeness (QED) is 0.806. The van der Waals surface area contributed by atoms with Gasteiger partial charge in [0.15, 0.2) is 0 Å². The van der Waals surface area contributed by atoms with E-state index >= 15 is 0 Å². The largest absolute Gasteiger partial charge is 0.341 e. The van der Waals surface area contributed by atoms with Crippen molar-refractivity contribution in [1.29, 1.82) is 0 Å². The Morgan fingerprint density at radius 2 is 2.17 bits per heavy atom. The normalized spacial score (nSPS) is 21.0. The molecular formula is C14H20N2OS. The van der Waals surface area contributed by atoms with Gasteiger partial charge in [0.1, 0.15) is 0 Å². The Bertz CT molecular complexity index is 396. The molecule has 3 nitrogen and oxygen atoms in total. The molecule has 2 atom stereocenters. The van der Waals surface area contributed by atoms with Crippen LogP contribution in [-0.4, -0.2) is 35.7 Å². The molecule has 1 heterocycles. The molecule has 18 heavy (non-hydrogen) atoms. The lowest BCUT2D eigenvalue weighted by Gasteiger charge is -2.20. The second-order valence-electron chi connectivity index (χ2n) is 4.88. The lowest BCUT2D eigenvalue weighted by molar-refractivity contribution is -0.129. The summed E-state index contributed by atoms with van der Waals surface area (Å²) in [4.78, 5) is 14.1. The molecule has 2 unspecified atom stereocenters. The minimum Gasteiger partial charge on any atom is -0.341 e. The fraction of sp³-hybridized carbons (Fsp3) is 0.500.